The number of nitrogens with zero attached hydrogens (tertiary/aromatic N) is 1. The highest BCUT2D eigenvalue weighted by Crippen LogP contribution is 2.46. The summed E-state index contributed by atoms with van der Waals surface area (Å²) >= 11 is 3.61. The monoisotopic (exact) mass is 271 g/mol. The summed E-state index contributed by atoms with van der Waals surface area (Å²) in [5.41, 5.74) is 1.34. The summed E-state index contributed by atoms with van der Waals surface area (Å²) in [7, 11) is 1.46. The van der Waals surface area contributed by atoms with E-state index in [1.54, 1.807) is 0 Å². The van der Waals surface area contributed by atoms with E-state index >= 15 is 0 Å². The highest BCUT2D eigenvalue weighted by molar-refractivity contribution is 9.11. The van der Waals surface area contributed by atoms with Gasteiger partial charge in [-0.05, 0) is 12.0 Å². The van der Waals surface area contributed by atoms with Gasteiger partial charge in [0.25, 0.3) is 0 Å². The molecule has 0 saturated heterocycles. The molecule has 0 radical (unpaired) electrons. The van der Waals surface area contributed by atoms with E-state index in [0.29, 0.717) is 25.0 Å². The van der Waals surface area contributed by atoms with Crippen molar-refractivity contribution in [1.82, 2.24) is 0 Å². The molecule has 0 spiro atoms. The number of ether oxygens (including phenoxy) is 1. The average molecular weight is 272 g/mol. The molecule has 2 aliphatic rings. The Morgan fingerprint density at radius 3 is 2.93 bits per heavy atom. The molecule has 2 bridgehead atoms. The fourth-order valence-electron chi connectivity index (χ4n) is 2.06. The van der Waals surface area contributed by atoms with Crippen molar-refractivity contribution >= 4 is 22.1 Å². The molecule has 0 aromatic heterocycles. The van der Waals surface area contributed by atoms with Crippen LogP contribution in [-0.4, -0.2) is 31.2 Å². The zero-order valence-corrected chi connectivity index (χ0v) is 10.2. The molecule has 0 aromatic rings. The number of rotatable bonds is 4. The molecule has 3 nitrogen and oxygen atoms in total. The third-order valence-corrected chi connectivity index (χ3v) is 3.97. The van der Waals surface area contributed by atoms with Crippen molar-refractivity contribution in [1.29, 1.82) is 0 Å². The van der Waals surface area contributed by atoms with Crippen molar-refractivity contribution in [3.05, 3.63) is 27.4 Å². The SMILES string of the molecule is C/[N+]([O-])=C/COCC1=C(Br)C2C=CC1C2. The van der Waals surface area contributed by atoms with Crippen LogP contribution in [0.15, 0.2) is 22.2 Å². The molecule has 0 aliphatic heterocycles. The second-order valence-corrected chi connectivity index (χ2v) is 4.80. The van der Waals surface area contributed by atoms with Gasteiger partial charge in [0.15, 0.2) is 6.21 Å². The lowest BCUT2D eigenvalue weighted by atomic mass is 10.0. The van der Waals surface area contributed by atoms with Crippen LogP contribution in [0.2, 0.25) is 0 Å². The summed E-state index contributed by atoms with van der Waals surface area (Å²) in [6.45, 7) is 1.00. The molecular weight excluding hydrogens is 258 g/mol. The lowest BCUT2D eigenvalue weighted by molar-refractivity contribution is -0.419. The first kappa shape index (κ1) is 10.9. The highest BCUT2D eigenvalue weighted by atomic mass is 79.9. The van der Waals surface area contributed by atoms with Gasteiger partial charge in [0.1, 0.15) is 13.7 Å². The lowest BCUT2D eigenvalue weighted by Crippen LogP contribution is -2.09. The maximum atomic E-state index is 10.6. The van der Waals surface area contributed by atoms with Gasteiger partial charge in [-0.3, -0.25) is 0 Å². The Kier molecular flexibility index (Phi) is 3.26. The molecule has 0 N–H and O–H groups in total. The van der Waals surface area contributed by atoms with E-state index in [4.69, 9.17) is 4.74 Å². The van der Waals surface area contributed by atoms with Crippen molar-refractivity contribution in [2.75, 3.05) is 20.3 Å². The van der Waals surface area contributed by atoms with Crippen LogP contribution in [0.1, 0.15) is 6.42 Å². The number of halogens is 1. The van der Waals surface area contributed by atoms with Gasteiger partial charge in [0, 0.05) is 16.3 Å². The van der Waals surface area contributed by atoms with Crippen molar-refractivity contribution in [3.63, 3.8) is 0 Å². The van der Waals surface area contributed by atoms with Gasteiger partial charge in [0.2, 0.25) is 0 Å². The number of allylic oxidation sites excluding steroid dienone is 3. The number of hydrogen-bond donors (Lipinski definition) is 0. The normalized spacial score (nSPS) is 29.3. The zero-order valence-electron chi connectivity index (χ0n) is 8.65. The van der Waals surface area contributed by atoms with Gasteiger partial charge in [-0.25, -0.2) is 4.74 Å². The standard InChI is InChI=1S/C11H14BrNO2/c1-13(14)4-5-15-7-10-8-2-3-9(6-8)11(10)12/h2-4,8-9H,5-7H2,1H3/b13-4-. The maximum Gasteiger partial charge on any atom is 0.176 e. The van der Waals surface area contributed by atoms with E-state index in [-0.39, 0.29) is 0 Å². The highest BCUT2D eigenvalue weighted by Gasteiger charge is 2.33. The van der Waals surface area contributed by atoms with Crippen molar-refractivity contribution in [2.24, 2.45) is 11.8 Å². The molecule has 0 aromatic carbocycles. The summed E-state index contributed by atoms with van der Waals surface area (Å²) < 4.78 is 7.48. The summed E-state index contributed by atoms with van der Waals surface area (Å²) in [4.78, 5) is 0. The van der Waals surface area contributed by atoms with Crippen molar-refractivity contribution in [3.8, 4) is 0 Å². The van der Waals surface area contributed by atoms with Crippen LogP contribution in [0, 0.1) is 17.0 Å². The Morgan fingerprint density at radius 2 is 2.33 bits per heavy atom. The second kappa shape index (κ2) is 4.49. The van der Waals surface area contributed by atoms with Gasteiger partial charge in [-0.15, -0.1) is 0 Å². The minimum Gasteiger partial charge on any atom is -0.624 e. The number of hydroxylamine groups is 1. The van der Waals surface area contributed by atoms with Crippen molar-refractivity contribution in [2.45, 2.75) is 6.42 Å². The molecule has 2 aliphatic carbocycles. The Bertz CT molecular complexity index is 342. The minimum atomic E-state index is 0.380. The van der Waals surface area contributed by atoms with Crippen LogP contribution in [0.25, 0.3) is 0 Å². The molecule has 2 unspecified atom stereocenters. The first-order chi connectivity index (χ1) is 7.18. The van der Waals surface area contributed by atoms with Crippen molar-refractivity contribution < 1.29 is 9.48 Å². The lowest BCUT2D eigenvalue weighted by Gasteiger charge is -2.11. The first-order valence-corrected chi connectivity index (χ1v) is 5.85. The Morgan fingerprint density at radius 1 is 1.60 bits per heavy atom. The van der Waals surface area contributed by atoms with E-state index < -0.39 is 0 Å². The molecule has 0 amide bonds. The van der Waals surface area contributed by atoms with Crippen LogP contribution in [0.5, 0.6) is 0 Å². The Labute approximate surface area is 97.8 Å². The summed E-state index contributed by atoms with van der Waals surface area (Å²) in [5, 5.41) is 10.6. The summed E-state index contributed by atoms with van der Waals surface area (Å²) in [5.74, 6) is 1.12. The quantitative estimate of drug-likeness (QED) is 0.196. The molecule has 2 rings (SSSR count). The molecule has 2 atom stereocenters. The van der Waals surface area contributed by atoms with Gasteiger partial charge >= 0.3 is 0 Å². The fraction of sp³-hybridized carbons (Fsp3) is 0.545. The predicted molar refractivity (Wildman–Crippen MR) is 63.1 cm³/mol. The molecule has 0 heterocycles. The third kappa shape index (κ3) is 2.32. The predicted octanol–water partition coefficient (Wildman–Crippen LogP) is 2.07. The third-order valence-electron chi connectivity index (χ3n) is 2.87. The Hall–Kier alpha value is -0.610. The van der Waals surface area contributed by atoms with Gasteiger partial charge < -0.3 is 9.94 Å². The van der Waals surface area contributed by atoms with E-state index in [1.165, 1.54) is 29.7 Å². The van der Waals surface area contributed by atoms with E-state index in [2.05, 4.69) is 28.1 Å². The van der Waals surface area contributed by atoms with E-state index in [1.807, 2.05) is 0 Å². The molecule has 0 fully saturated rings. The molecular formula is C11H14BrNO2. The molecule has 0 saturated carbocycles. The number of hydrogen-bond acceptors (Lipinski definition) is 2. The van der Waals surface area contributed by atoms with E-state index in [0.717, 1.165) is 4.74 Å². The Balaban J connectivity index is 1.84. The molecule has 15 heavy (non-hydrogen) atoms. The van der Waals surface area contributed by atoms with Crippen LogP contribution in [0.3, 0.4) is 0 Å². The zero-order chi connectivity index (χ0) is 10.8. The van der Waals surface area contributed by atoms with Gasteiger partial charge in [-0.1, -0.05) is 28.1 Å². The first-order valence-electron chi connectivity index (χ1n) is 5.06. The van der Waals surface area contributed by atoms with Gasteiger partial charge in [0.05, 0.1) is 6.61 Å². The largest absolute Gasteiger partial charge is 0.624 e. The van der Waals surface area contributed by atoms with Crippen LogP contribution >= 0.6 is 15.9 Å². The average Bonchev–Trinajstić information content (AvgIpc) is 2.74. The summed E-state index contributed by atoms with van der Waals surface area (Å²) in [6.07, 6.45) is 7.16. The molecule has 82 valence electrons. The molecule has 4 heteroatoms. The topological polar surface area (TPSA) is 35.3 Å². The van der Waals surface area contributed by atoms with Crippen LogP contribution < -0.4 is 0 Å². The smallest absolute Gasteiger partial charge is 0.176 e. The minimum absolute atomic E-state index is 0.380. The van der Waals surface area contributed by atoms with Gasteiger partial charge in [-0.2, -0.15) is 0 Å². The van der Waals surface area contributed by atoms with Crippen LogP contribution in [-0.2, 0) is 4.74 Å². The summed E-state index contributed by atoms with van der Waals surface area (Å²) in [6, 6.07) is 0. The van der Waals surface area contributed by atoms with E-state index in [9.17, 15) is 5.21 Å². The maximum absolute atomic E-state index is 10.6. The number of fused-ring (bicyclic) bond motifs is 2. The fourth-order valence-corrected chi connectivity index (χ4v) is 2.81. The second-order valence-electron chi connectivity index (χ2n) is 3.95. The van der Waals surface area contributed by atoms with Crippen LogP contribution in [0.4, 0.5) is 0 Å².